The molecule has 1 unspecified atom stereocenters. The first-order chi connectivity index (χ1) is 5.74. The molecule has 1 rings (SSSR count). The van der Waals surface area contributed by atoms with E-state index in [1.54, 1.807) is 6.08 Å². The zero-order valence-corrected chi connectivity index (χ0v) is 7.90. The van der Waals surface area contributed by atoms with Crippen molar-refractivity contribution in [3.05, 3.63) is 22.8 Å². The van der Waals surface area contributed by atoms with Crippen LogP contribution in [0.15, 0.2) is 22.8 Å². The van der Waals surface area contributed by atoms with E-state index in [9.17, 15) is 4.79 Å². The molecular formula is C8H9Cl2NO. The maximum Gasteiger partial charge on any atom is 0.207 e. The van der Waals surface area contributed by atoms with Crippen LogP contribution in [0.5, 0.6) is 0 Å². The maximum atomic E-state index is 9.98. The van der Waals surface area contributed by atoms with Crippen molar-refractivity contribution >= 4 is 29.6 Å². The monoisotopic (exact) mass is 205 g/mol. The van der Waals surface area contributed by atoms with Gasteiger partial charge in [0.15, 0.2) is 0 Å². The molecule has 1 N–H and O–H groups in total. The lowest BCUT2D eigenvalue weighted by Crippen LogP contribution is -2.16. The quantitative estimate of drug-likeness (QED) is 0.553. The fraction of sp³-hybridized carbons (Fsp3) is 0.375. The summed E-state index contributed by atoms with van der Waals surface area (Å²) in [6, 6.07) is 0. The second kappa shape index (κ2) is 4.53. The molecule has 1 aliphatic carbocycles. The summed E-state index contributed by atoms with van der Waals surface area (Å²) >= 11 is 11.6. The third kappa shape index (κ3) is 2.54. The number of alkyl halides is 1. The van der Waals surface area contributed by atoms with Crippen LogP contribution < -0.4 is 5.32 Å². The first kappa shape index (κ1) is 9.62. The molecule has 0 aliphatic heterocycles. The van der Waals surface area contributed by atoms with Crippen molar-refractivity contribution in [3.8, 4) is 0 Å². The smallest absolute Gasteiger partial charge is 0.207 e. The summed E-state index contributed by atoms with van der Waals surface area (Å²) in [5.74, 6) is 0. The van der Waals surface area contributed by atoms with Gasteiger partial charge in [-0.15, -0.1) is 11.6 Å². The molecule has 4 heteroatoms. The summed E-state index contributed by atoms with van der Waals surface area (Å²) in [5.41, 5.74) is 1.00. The van der Waals surface area contributed by atoms with Gasteiger partial charge < -0.3 is 5.32 Å². The Balaban J connectivity index is 2.52. The van der Waals surface area contributed by atoms with Gasteiger partial charge in [-0.3, -0.25) is 4.79 Å². The topological polar surface area (TPSA) is 29.1 Å². The van der Waals surface area contributed by atoms with Gasteiger partial charge >= 0.3 is 0 Å². The highest BCUT2D eigenvalue weighted by Crippen LogP contribution is 2.24. The van der Waals surface area contributed by atoms with Gasteiger partial charge in [0.1, 0.15) is 0 Å². The van der Waals surface area contributed by atoms with Crippen molar-refractivity contribution in [2.45, 2.75) is 11.8 Å². The summed E-state index contributed by atoms with van der Waals surface area (Å²) < 4.78 is 0. The van der Waals surface area contributed by atoms with Crippen LogP contribution in [0.4, 0.5) is 0 Å². The lowest BCUT2D eigenvalue weighted by molar-refractivity contribution is -0.109. The van der Waals surface area contributed by atoms with Crippen molar-refractivity contribution < 1.29 is 4.79 Å². The van der Waals surface area contributed by atoms with Crippen molar-refractivity contribution in [2.75, 3.05) is 6.54 Å². The van der Waals surface area contributed by atoms with Crippen LogP contribution >= 0.6 is 23.2 Å². The van der Waals surface area contributed by atoms with Gasteiger partial charge in [0.2, 0.25) is 6.41 Å². The minimum absolute atomic E-state index is 0.105. The number of halogens is 2. The second-order valence-corrected chi connectivity index (χ2v) is 3.47. The molecule has 1 aliphatic rings. The molecule has 0 spiro atoms. The number of rotatable bonds is 3. The molecule has 0 bridgehead atoms. The molecule has 0 heterocycles. The van der Waals surface area contributed by atoms with Crippen LogP contribution in [-0.2, 0) is 4.79 Å². The number of allylic oxidation sites excluding steroid dienone is 2. The Labute approximate surface area is 81.2 Å². The van der Waals surface area contributed by atoms with Crippen LogP contribution in [0.1, 0.15) is 6.42 Å². The zero-order valence-electron chi connectivity index (χ0n) is 6.39. The van der Waals surface area contributed by atoms with E-state index in [2.05, 4.69) is 5.32 Å². The number of carbonyl (C=O) groups excluding carboxylic acids is 1. The third-order valence-corrected chi connectivity index (χ3v) is 2.50. The molecule has 66 valence electrons. The Bertz CT molecular complexity index is 235. The van der Waals surface area contributed by atoms with Crippen molar-refractivity contribution in [1.29, 1.82) is 0 Å². The number of carbonyl (C=O) groups is 1. The van der Waals surface area contributed by atoms with Crippen LogP contribution in [0, 0.1) is 0 Å². The predicted molar refractivity (Wildman–Crippen MR) is 50.3 cm³/mol. The first-order valence-electron chi connectivity index (χ1n) is 3.61. The molecule has 1 amide bonds. The number of hydrogen-bond donors (Lipinski definition) is 1. The Kier molecular flexibility index (Phi) is 3.63. The third-order valence-electron chi connectivity index (χ3n) is 1.60. The highest BCUT2D eigenvalue weighted by atomic mass is 35.5. The van der Waals surface area contributed by atoms with Gasteiger partial charge in [-0.1, -0.05) is 17.7 Å². The Morgan fingerprint density at radius 2 is 2.50 bits per heavy atom. The Morgan fingerprint density at radius 1 is 1.75 bits per heavy atom. The molecule has 2 nitrogen and oxygen atoms in total. The van der Waals surface area contributed by atoms with Crippen LogP contribution in [0.25, 0.3) is 0 Å². The normalized spacial score (nSPS) is 22.7. The van der Waals surface area contributed by atoms with E-state index in [0.717, 1.165) is 12.0 Å². The van der Waals surface area contributed by atoms with Crippen LogP contribution in [0.2, 0.25) is 0 Å². The molecule has 0 saturated carbocycles. The minimum atomic E-state index is -0.105. The van der Waals surface area contributed by atoms with Gasteiger partial charge in [0.25, 0.3) is 0 Å². The van der Waals surface area contributed by atoms with Crippen molar-refractivity contribution in [2.24, 2.45) is 0 Å². The van der Waals surface area contributed by atoms with Gasteiger partial charge in [0.05, 0.1) is 5.38 Å². The SMILES string of the molecule is O=CNCC1=CCC(Cl)C(Cl)=C1. The van der Waals surface area contributed by atoms with Crippen molar-refractivity contribution in [3.63, 3.8) is 0 Å². The largest absolute Gasteiger partial charge is 0.355 e. The zero-order chi connectivity index (χ0) is 8.97. The summed E-state index contributed by atoms with van der Waals surface area (Å²) in [6.07, 6.45) is 5.15. The van der Waals surface area contributed by atoms with Gasteiger partial charge in [-0.05, 0) is 18.1 Å². The molecule has 12 heavy (non-hydrogen) atoms. The van der Waals surface area contributed by atoms with Crippen LogP contribution in [-0.4, -0.2) is 18.3 Å². The molecule has 0 aromatic heterocycles. The predicted octanol–water partition coefficient (Wildman–Crippen LogP) is 1.79. The molecule has 0 fully saturated rings. The van der Waals surface area contributed by atoms with E-state index in [4.69, 9.17) is 23.2 Å². The van der Waals surface area contributed by atoms with Crippen molar-refractivity contribution in [1.82, 2.24) is 5.32 Å². The van der Waals surface area contributed by atoms with Crippen LogP contribution in [0.3, 0.4) is 0 Å². The maximum absolute atomic E-state index is 9.98. The lowest BCUT2D eigenvalue weighted by Gasteiger charge is -2.13. The minimum Gasteiger partial charge on any atom is -0.355 e. The van der Waals surface area contributed by atoms with E-state index in [1.807, 2.05) is 6.08 Å². The molecular weight excluding hydrogens is 197 g/mol. The summed E-state index contributed by atoms with van der Waals surface area (Å²) in [7, 11) is 0. The highest BCUT2D eigenvalue weighted by molar-refractivity contribution is 6.37. The number of nitrogens with one attached hydrogen (secondary N) is 1. The number of hydrogen-bond acceptors (Lipinski definition) is 1. The first-order valence-corrected chi connectivity index (χ1v) is 4.42. The van der Waals surface area contributed by atoms with E-state index in [1.165, 1.54) is 0 Å². The summed E-state index contributed by atoms with van der Waals surface area (Å²) in [5, 5.41) is 3.09. The van der Waals surface area contributed by atoms with E-state index in [0.29, 0.717) is 18.0 Å². The average molecular weight is 206 g/mol. The molecule has 0 aromatic carbocycles. The molecule has 1 atom stereocenters. The summed E-state index contributed by atoms with van der Waals surface area (Å²) in [4.78, 5) is 9.98. The van der Waals surface area contributed by atoms with E-state index >= 15 is 0 Å². The summed E-state index contributed by atoms with van der Waals surface area (Å²) in [6.45, 7) is 0.517. The lowest BCUT2D eigenvalue weighted by atomic mass is 10.1. The van der Waals surface area contributed by atoms with Gasteiger partial charge in [-0.2, -0.15) is 0 Å². The van der Waals surface area contributed by atoms with E-state index in [-0.39, 0.29) is 5.38 Å². The highest BCUT2D eigenvalue weighted by Gasteiger charge is 2.12. The average Bonchev–Trinajstić information content (AvgIpc) is 2.07. The van der Waals surface area contributed by atoms with Gasteiger partial charge in [-0.25, -0.2) is 0 Å². The van der Waals surface area contributed by atoms with Gasteiger partial charge in [0, 0.05) is 11.6 Å². The fourth-order valence-corrected chi connectivity index (χ4v) is 1.36. The molecule has 0 radical (unpaired) electrons. The Hall–Kier alpha value is -0.470. The molecule has 0 saturated heterocycles. The standard InChI is InChI=1S/C8H9Cl2NO/c9-7-2-1-6(3-8(7)10)4-11-5-12/h1,3,5,7H,2,4H2,(H,11,12). The molecule has 0 aromatic rings. The van der Waals surface area contributed by atoms with E-state index < -0.39 is 0 Å². The second-order valence-electron chi connectivity index (χ2n) is 2.51. The fourth-order valence-electron chi connectivity index (χ4n) is 0.977. The Morgan fingerprint density at radius 3 is 3.08 bits per heavy atom. The number of amides is 1.